The van der Waals surface area contributed by atoms with Crippen molar-refractivity contribution in [2.75, 3.05) is 0 Å². The minimum Gasteiger partial charge on any atom is -0.507 e. The Kier molecular flexibility index (Phi) is 7.01. The van der Waals surface area contributed by atoms with Crippen LogP contribution < -0.4 is 0 Å². The van der Waals surface area contributed by atoms with Crippen LogP contribution in [0.15, 0.2) is 170 Å². The molecule has 0 fully saturated rings. The maximum absolute atomic E-state index is 11.1. The van der Waals surface area contributed by atoms with Crippen LogP contribution in [0.3, 0.4) is 0 Å². The van der Waals surface area contributed by atoms with Gasteiger partial charge in [-0.15, -0.1) is 0 Å². The third kappa shape index (κ3) is 4.89. The maximum atomic E-state index is 11.1. The maximum Gasteiger partial charge on any atom is 0.124 e. The van der Waals surface area contributed by atoms with Gasteiger partial charge in [-0.2, -0.15) is 0 Å². The van der Waals surface area contributed by atoms with Gasteiger partial charge in [-0.1, -0.05) is 170 Å². The summed E-state index contributed by atoms with van der Waals surface area (Å²) in [4.78, 5) is 0. The molecule has 242 valence electrons. The summed E-state index contributed by atoms with van der Waals surface area (Å²) in [5.41, 5.74) is 11.3. The van der Waals surface area contributed by atoms with Crippen molar-refractivity contribution in [1.29, 1.82) is 0 Å². The summed E-state index contributed by atoms with van der Waals surface area (Å²) in [5.74, 6) is 6.82. The lowest BCUT2D eigenvalue weighted by molar-refractivity contribution is 0.481. The summed E-state index contributed by atoms with van der Waals surface area (Å²) < 4.78 is 0. The monoisotopic (exact) mass is 660 g/mol. The highest BCUT2D eigenvalue weighted by molar-refractivity contribution is 6.21. The van der Waals surface area contributed by atoms with E-state index in [1.54, 1.807) is 0 Å². The zero-order valence-electron chi connectivity index (χ0n) is 28.4. The Morgan fingerprint density at radius 1 is 0.442 bits per heavy atom. The summed E-state index contributed by atoms with van der Waals surface area (Å²) in [5, 5.41) is 20.3. The first-order valence-corrected chi connectivity index (χ1v) is 17.8. The molecule has 0 heterocycles. The number of fused-ring (bicyclic) bond motifs is 6. The molecule has 0 amide bonds. The van der Waals surface area contributed by atoms with Crippen molar-refractivity contribution in [2.45, 2.75) is 6.42 Å². The van der Waals surface area contributed by atoms with Crippen LogP contribution in [0.1, 0.15) is 17.5 Å². The van der Waals surface area contributed by atoms with Gasteiger partial charge in [-0.05, 0) is 106 Å². The smallest absolute Gasteiger partial charge is 0.124 e. The van der Waals surface area contributed by atoms with Crippen molar-refractivity contribution < 1.29 is 5.11 Å². The van der Waals surface area contributed by atoms with E-state index in [-0.39, 0.29) is 5.75 Å². The van der Waals surface area contributed by atoms with E-state index >= 15 is 0 Å². The van der Waals surface area contributed by atoms with Crippen molar-refractivity contribution >= 4 is 49.2 Å². The van der Waals surface area contributed by atoms with Crippen LogP contribution in [-0.2, 0) is 0 Å². The summed E-state index contributed by atoms with van der Waals surface area (Å²) in [6.07, 6.45) is 4.87. The molecule has 0 saturated heterocycles. The van der Waals surface area contributed by atoms with Gasteiger partial charge in [0.15, 0.2) is 0 Å². The Hall–Kier alpha value is -6.88. The van der Waals surface area contributed by atoms with Crippen LogP contribution in [-0.4, -0.2) is 5.11 Å². The van der Waals surface area contributed by atoms with Gasteiger partial charge < -0.3 is 5.11 Å². The fraction of sp³-hybridized carbons (Fsp3) is 0.0196. The van der Waals surface area contributed by atoms with Crippen LogP contribution in [0.4, 0.5) is 0 Å². The molecule has 0 aliphatic heterocycles. The van der Waals surface area contributed by atoms with Crippen LogP contribution >= 0.6 is 0 Å². The molecule has 1 aliphatic rings. The van der Waals surface area contributed by atoms with E-state index in [0.29, 0.717) is 6.42 Å². The normalized spacial score (nSPS) is 12.2. The number of hydrogen-bond acceptors (Lipinski definition) is 1. The lowest BCUT2D eigenvalue weighted by Gasteiger charge is -2.19. The molecule has 9 aromatic rings. The molecule has 1 N–H and O–H groups in total. The summed E-state index contributed by atoms with van der Waals surface area (Å²) in [7, 11) is 0. The van der Waals surface area contributed by atoms with Crippen molar-refractivity contribution in [2.24, 2.45) is 0 Å². The van der Waals surface area contributed by atoms with E-state index in [4.69, 9.17) is 0 Å². The average molecular weight is 661 g/mol. The van der Waals surface area contributed by atoms with Gasteiger partial charge in [0.05, 0.1) is 0 Å². The number of phenolic OH excluding ortho intramolecular Hbond substituents is 1. The predicted molar refractivity (Wildman–Crippen MR) is 220 cm³/mol. The molecule has 1 heteroatoms. The van der Waals surface area contributed by atoms with Crippen LogP contribution in [0, 0.1) is 11.8 Å². The Bertz CT molecular complexity index is 2930. The summed E-state index contributed by atoms with van der Waals surface area (Å²) in [6, 6.07) is 58.8. The van der Waals surface area contributed by atoms with Gasteiger partial charge in [0.2, 0.25) is 0 Å². The molecule has 0 radical (unpaired) electrons. The molecule has 0 spiro atoms. The van der Waals surface area contributed by atoms with Crippen molar-refractivity contribution in [1.82, 2.24) is 0 Å². The van der Waals surface area contributed by atoms with Gasteiger partial charge in [-0.25, -0.2) is 0 Å². The second-order valence-electron chi connectivity index (χ2n) is 13.6. The summed E-state index contributed by atoms with van der Waals surface area (Å²) >= 11 is 0. The van der Waals surface area contributed by atoms with Crippen LogP contribution in [0.25, 0.3) is 93.7 Å². The number of allylic oxidation sites excluding steroid dienone is 1. The van der Waals surface area contributed by atoms with E-state index in [9.17, 15) is 5.11 Å². The van der Waals surface area contributed by atoms with Gasteiger partial charge in [0.25, 0.3) is 0 Å². The third-order valence-electron chi connectivity index (χ3n) is 10.6. The highest BCUT2D eigenvalue weighted by Gasteiger charge is 2.18. The molecular weight excluding hydrogens is 629 g/mol. The van der Waals surface area contributed by atoms with E-state index in [0.717, 1.165) is 38.6 Å². The molecule has 10 rings (SSSR count). The zero-order chi connectivity index (χ0) is 34.6. The predicted octanol–water partition coefficient (Wildman–Crippen LogP) is 13.4. The minimum absolute atomic E-state index is 0.259. The van der Waals surface area contributed by atoms with Gasteiger partial charge in [0, 0.05) is 17.4 Å². The first-order chi connectivity index (χ1) is 25.7. The largest absolute Gasteiger partial charge is 0.507 e. The third-order valence-corrected chi connectivity index (χ3v) is 10.6. The van der Waals surface area contributed by atoms with E-state index in [1.807, 2.05) is 12.1 Å². The lowest BCUT2D eigenvalue weighted by atomic mass is 9.85. The lowest BCUT2D eigenvalue weighted by Crippen LogP contribution is -1.92. The quantitative estimate of drug-likeness (QED) is 0.147. The Balaban J connectivity index is 1.13. The number of benzene rings is 9. The Morgan fingerprint density at radius 3 is 1.83 bits per heavy atom. The molecule has 0 atom stereocenters. The molecule has 52 heavy (non-hydrogen) atoms. The van der Waals surface area contributed by atoms with Crippen molar-refractivity contribution in [3.63, 3.8) is 0 Å². The van der Waals surface area contributed by atoms with Crippen LogP contribution in [0.2, 0.25) is 0 Å². The van der Waals surface area contributed by atoms with E-state index < -0.39 is 0 Å². The van der Waals surface area contributed by atoms with Gasteiger partial charge in [-0.3, -0.25) is 0 Å². The first kappa shape index (κ1) is 30.0. The minimum atomic E-state index is 0.259. The fourth-order valence-electron chi connectivity index (χ4n) is 8.15. The van der Waals surface area contributed by atoms with E-state index in [1.165, 1.54) is 60.1 Å². The Labute approximate surface area is 302 Å². The number of hydrogen-bond donors (Lipinski definition) is 1. The highest BCUT2D eigenvalue weighted by atomic mass is 16.3. The number of aromatic hydroxyl groups is 1. The van der Waals surface area contributed by atoms with E-state index in [2.05, 4.69) is 176 Å². The molecule has 1 nitrogen and oxygen atoms in total. The molecule has 9 aromatic carbocycles. The van der Waals surface area contributed by atoms with Crippen molar-refractivity contribution in [3.8, 4) is 62.1 Å². The van der Waals surface area contributed by atoms with Crippen molar-refractivity contribution in [3.05, 3.63) is 181 Å². The zero-order valence-corrected chi connectivity index (χ0v) is 28.4. The molecule has 0 saturated carbocycles. The Morgan fingerprint density at radius 2 is 1.08 bits per heavy atom. The average Bonchev–Trinajstić information content (AvgIpc) is 3.46. The van der Waals surface area contributed by atoms with Gasteiger partial charge in [0.1, 0.15) is 5.75 Å². The molecular formula is C51H32O. The van der Waals surface area contributed by atoms with Gasteiger partial charge >= 0.3 is 0 Å². The second kappa shape index (κ2) is 12.2. The number of rotatable bonds is 4. The standard InChI is InChI=1S/C51H32O/c52-48-30-29-41(47-28-27-35-12-2-1-3-16-42(35)51(47)48)39-14-10-15-40(32-39)50-45-19-8-6-17-43(45)49(44-18-7-9-20-46(44)50)36-24-21-34(22-25-36)38-26-23-33-11-4-5-13-37(33)31-38/h2,4-15,17-32,52H,1H2. The molecule has 0 aromatic heterocycles. The molecule has 0 bridgehead atoms. The molecule has 1 aliphatic carbocycles. The molecule has 0 unspecified atom stereocenters. The fourth-order valence-corrected chi connectivity index (χ4v) is 8.15. The van der Waals surface area contributed by atoms with Crippen LogP contribution in [0.5, 0.6) is 5.75 Å². The number of phenols is 1. The topological polar surface area (TPSA) is 20.2 Å². The second-order valence-corrected chi connectivity index (χ2v) is 13.6. The highest BCUT2D eigenvalue weighted by Crippen LogP contribution is 2.45. The first-order valence-electron chi connectivity index (χ1n) is 17.8. The SMILES string of the molecule is Oc1ccc(-c2cccc(-c3c4ccccc4c(-c4ccc(-c5ccc6ccccc6c5)cc4)c4ccccc34)c2)c2ccc3c(c12)C#CCC=C3. The summed E-state index contributed by atoms with van der Waals surface area (Å²) in [6.45, 7) is 0.